The van der Waals surface area contributed by atoms with Crippen LogP contribution in [-0.2, 0) is 15.6 Å². The van der Waals surface area contributed by atoms with Crippen LogP contribution in [0.1, 0.15) is 17.5 Å². The van der Waals surface area contributed by atoms with Crippen LogP contribution in [0.15, 0.2) is 41.3 Å². The molecule has 0 atom stereocenters. The van der Waals surface area contributed by atoms with Gasteiger partial charge in [0.1, 0.15) is 0 Å². The zero-order valence-corrected chi connectivity index (χ0v) is 14.3. The monoisotopic (exact) mass is 352 g/mol. The largest absolute Gasteiger partial charge is 0.489 e. The fraction of sp³-hybridized carbons (Fsp3) is 0.294. The minimum absolute atomic E-state index is 0.131. The van der Waals surface area contributed by atoms with Crippen LogP contribution in [-0.4, -0.2) is 21.6 Å². The molecule has 0 amide bonds. The van der Waals surface area contributed by atoms with Crippen molar-refractivity contribution in [2.45, 2.75) is 24.0 Å². The smallest absolute Gasteiger partial charge is 0.182 e. The van der Waals surface area contributed by atoms with Crippen molar-refractivity contribution in [3.05, 3.63) is 52.5 Å². The minimum atomic E-state index is -3.45. The van der Waals surface area contributed by atoms with E-state index in [0.29, 0.717) is 40.2 Å². The third-order valence-electron chi connectivity index (χ3n) is 3.65. The third-order valence-corrected chi connectivity index (χ3v) is 5.77. The van der Waals surface area contributed by atoms with Crippen molar-refractivity contribution in [3.8, 4) is 11.5 Å². The number of benzene rings is 2. The van der Waals surface area contributed by atoms with Gasteiger partial charge in [-0.2, -0.15) is 0 Å². The second-order valence-electron chi connectivity index (χ2n) is 5.48. The van der Waals surface area contributed by atoms with E-state index in [-0.39, 0.29) is 5.75 Å². The van der Waals surface area contributed by atoms with Gasteiger partial charge in [0.25, 0.3) is 0 Å². The van der Waals surface area contributed by atoms with Crippen LogP contribution in [0.5, 0.6) is 11.5 Å². The molecule has 1 aliphatic rings. The summed E-state index contributed by atoms with van der Waals surface area (Å²) >= 11 is 6.23. The molecule has 23 heavy (non-hydrogen) atoms. The molecule has 1 heterocycles. The molecule has 0 N–H and O–H groups in total. The number of rotatable bonds is 3. The van der Waals surface area contributed by atoms with E-state index in [1.165, 1.54) is 0 Å². The van der Waals surface area contributed by atoms with Gasteiger partial charge in [-0.05, 0) is 36.2 Å². The first kappa shape index (κ1) is 16.1. The Bertz CT molecular complexity index is 830. The van der Waals surface area contributed by atoms with E-state index in [1.54, 1.807) is 37.3 Å². The van der Waals surface area contributed by atoms with Gasteiger partial charge in [0.2, 0.25) is 0 Å². The van der Waals surface area contributed by atoms with Crippen LogP contribution in [0.2, 0.25) is 5.02 Å². The van der Waals surface area contributed by atoms with Crippen molar-refractivity contribution in [3.63, 3.8) is 0 Å². The molecule has 2 aromatic carbocycles. The van der Waals surface area contributed by atoms with Crippen molar-refractivity contribution in [1.82, 2.24) is 0 Å². The number of hydrogen-bond donors (Lipinski definition) is 0. The van der Waals surface area contributed by atoms with Gasteiger partial charge in [-0.3, -0.25) is 0 Å². The maximum atomic E-state index is 12.7. The predicted octanol–water partition coefficient (Wildman–Crippen LogP) is 3.78. The highest BCUT2D eigenvalue weighted by Crippen LogP contribution is 2.38. The molecule has 122 valence electrons. The summed E-state index contributed by atoms with van der Waals surface area (Å²) < 4.78 is 36.5. The lowest BCUT2D eigenvalue weighted by atomic mass is 10.2. The SMILES string of the molecule is Cc1ccccc1S(=O)(=O)Cc1cc(Cl)c2c(c1)OCCCO2. The summed E-state index contributed by atoms with van der Waals surface area (Å²) in [6.07, 6.45) is 0.766. The van der Waals surface area contributed by atoms with E-state index in [1.807, 2.05) is 6.07 Å². The summed E-state index contributed by atoms with van der Waals surface area (Å²) in [5, 5.41) is 0.374. The van der Waals surface area contributed by atoms with Crippen LogP contribution in [0.3, 0.4) is 0 Å². The summed E-state index contributed by atoms with van der Waals surface area (Å²) in [5.74, 6) is 0.861. The van der Waals surface area contributed by atoms with Gasteiger partial charge in [0, 0.05) is 6.42 Å². The summed E-state index contributed by atoms with van der Waals surface area (Å²) in [6.45, 7) is 2.85. The first-order valence-electron chi connectivity index (χ1n) is 7.34. The van der Waals surface area contributed by atoms with Crippen LogP contribution >= 0.6 is 11.6 Å². The Kier molecular flexibility index (Phi) is 4.50. The van der Waals surface area contributed by atoms with Crippen molar-refractivity contribution >= 4 is 21.4 Å². The Morgan fingerprint density at radius 1 is 1.13 bits per heavy atom. The average molecular weight is 353 g/mol. The molecule has 2 aromatic rings. The topological polar surface area (TPSA) is 52.6 Å². The van der Waals surface area contributed by atoms with Gasteiger partial charge >= 0.3 is 0 Å². The molecule has 3 rings (SSSR count). The Labute approximate surface area is 140 Å². The van der Waals surface area contributed by atoms with Crippen LogP contribution in [0.25, 0.3) is 0 Å². The Morgan fingerprint density at radius 2 is 1.87 bits per heavy atom. The molecule has 0 fully saturated rings. The fourth-order valence-corrected chi connectivity index (χ4v) is 4.46. The molecule has 0 bridgehead atoms. The van der Waals surface area contributed by atoms with Crippen LogP contribution in [0.4, 0.5) is 0 Å². The van der Waals surface area contributed by atoms with E-state index in [0.717, 1.165) is 12.0 Å². The first-order chi connectivity index (χ1) is 11.0. The van der Waals surface area contributed by atoms with Crippen molar-refractivity contribution in [1.29, 1.82) is 0 Å². The number of fused-ring (bicyclic) bond motifs is 1. The summed E-state index contributed by atoms with van der Waals surface area (Å²) in [6, 6.07) is 10.3. The minimum Gasteiger partial charge on any atom is -0.489 e. The van der Waals surface area contributed by atoms with Crippen LogP contribution < -0.4 is 9.47 Å². The zero-order chi connectivity index (χ0) is 16.4. The van der Waals surface area contributed by atoms with Gasteiger partial charge in [0.15, 0.2) is 21.3 Å². The number of sulfone groups is 1. The highest BCUT2D eigenvalue weighted by molar-refractivity contribution is 7.90. The third kappa shape index (κ3) is 3.46. The Hall–Kier alpha value is -1.72. The number of hydrogen-bond acceptors (Lipinski definition) is 4. The molecule has 0 saturated carbocycles. The highest BCUT2D eigenvalue weighted by atomic mass is 35.5. The van der Waals surface area contributed by atoms with Crippen molar-refractivity contribution in [2.24, 2.45) is 0 Å². The highest BCUT2D eigenvalue weighted by Gasteiger charge is 2.21. The Morgan fingerprint density at radius 3 is 2.65 bits per heavy atom. The molecule has 0 saturated heterocycles. The van der Waals surface area contributed by atoms with Crippen molar-refractivity contribution < 1.29 is 17.9 Å². The van der Waals surface area contributed by atoms with Crippen LogP contribution in [0, 0.1) is 6.92 Å². The summed E-state index contributed by atoms with van der Waals surface area (Å²) in [4.78, 5) is 0.336. The second-order valence-corrected chi connectivity index (χ2v) is 7.85. The molecule has 0 aliphatic carbocycles. The molecule has 0 unspecified atom stereocenters. The number of ether oxygens (including phenoxy) is 2. The number of aryl methyl sites for hydroxylation is 1. The standard InChI is InChI=1S/C17H17ClO4S/c1-12-5-2-3-6-16(12)23(19,20)11-13-9-14(18)17-15(10-13)21-7-4-8-22-17/h2-3,5-6,9-10H,4,7-8,11H2,1H3. The lowest BCUT2D eigenvalue weighted by Gasteiger charge is -2.12. The predicted molar refractivity (Wildman–Crippen MR) is 89.1 cm³/mol. The molecule has 6 heteroatoms. The molecular formula is C17H17ClO4S. The molecule has 0 spiro atoms. The fourth-order valence-electron chi connectivity index (χ4n) is 2.57. The van der Waals surface area contributed by atoms with Gasteiger partial charge in [0.05, 0.1) is 28.9 Å². The summed E-state index contributed by atoms with van der Waals surface area (Å²) in [7, 11) is -3.45. The van der Waals surface area contributed by atoms with Gasteiger partial charge in [-0.1, -0.05) is 29.8 Å². The zero-order valence-electron chi connectivity index (χ0n) is 12.7. The average Bonchev–Trinajstić information content (AvgIpc) is 2.72. The lowest BCUT2D eigenvalue weighted by molar-refractivity contribution is 0.297. The van der Waals surface area contributed by atoms with Crippen molar-refractivity contribution in [2.75, 3.05) is 13.2 Å². The summed E-state index contributed by atoms with van der Waals surface area (Å²) in [5.41, 5.74) is 1.32. The first-order valence-corrected chi connectivity index (χ1v) is 9.37. The molecule has 1 aliphatic heterocycles. The van der Waals surface area contributed by atoms with Gasteiger partial charge in [-0.25, -0.2) is 8.42 Å². The van der Waals surface area contributed by atoms with Gasteiger partial charge < -0.3 is 9.47 Å². The number of halogens is 1. The molecular weight excluding hydrogens is 336 g/mol. The van der Waals surface area contributed by atoms with E-state index < -0.39 is 9.84 Å². The van der Waals surface area contributed by atoms with Gasteiger partial charge in [-0.15, -0.1) is 0 Å². The quantitative estimate of drug-likeness (QED) is 0.843. The lowest BCUT2D eigenvalue weighted by Crippen LogP contribution is -2.07. The van der Waals surface area contributed by atoms with E-state index in [9.17, 15) is 8.42 Å². The van der Waals surface area contributed by atoms with E-state index >= 15 is 0 Å². The second kappa shape index (κ2) is 6.42. The molecule has 0 radical (unpaired) electrons. The molecule has 0 aromatic heterocycles. The van der Waals surface area contributed by atoms with E-state index in [4.69, 9.17) is 21.1 Å². The Balaban J connectivity index is 1.96. The maximum Gasteiger partial charge on any atom is 0.182 e. The molecule has 4 nitrogen and oxygen atoms in total. The normalized spacial score (nSPS) is 14.3. The maximum absolute atomic E-state index is 12.7. The van der Waals surface area contributed by atoms with E-state index in [2.05, 4.69) is 0 Å².